The third-order valence-corrected chi connectivity index (χ3v) is 6.88. The molecule has 15 nitrogen and oxygen atoms in total. The van der Waals surface area contributed by atoms with Gasteiger partial charge >= 0.3 is 0 Å². The molecular formula is C32H44N6O9. The molecule has 15 heteroatoms. The third-order valence-electron chi connectivity index (χ3n) is 6.88. The number of Topliss-reactive ketones (excluding diaryl/α,β-unsaturated/α-hetero) is 1. The maximum atomic E-state index is 12.9. The van der Waals surface area contributed by atoms with Gasteiger partial charge in [-0.1, -0.05) is 57.5 Å². The lowest BCUT2D eigenvalue weighted by atomic mass is 9.91. The van der Waals surface area contributed by atoms with Gasteiger partial charge < -0.3 is 31.3 Å². The van der Waals surface area contributed by atoms with Crippen molar-refractivity contribution in [2.45, 2.75) is 58.9 Å². The predicted molar refractivity (Wildman–Crippen MR) is 169 cm³/mol. The van der Waals surface area contributed by atoms with E-state index >= 15 is 0 Å². The maximum Gasteiger partial charge on any atom is 0.253 e. The number of benzene rings is 1. The van der Waals surface area contributed by atoms with Crippen LogP contribution in [0.4, 0.5) is 0 Å². The van der Waals surface area contributed by atoms with Crippen LogP contribution >= 0.6 is 0 Å². The Kier molecular flexibility index (Phi) is 15.9. The van der Waals surface area contributed by atoms with Gasteiger partial charge in [-0.3, -0.25) is 43.3 Å². The Morgan fingerprint density at radius 2 is 1.34 bits per heavy atom. The van der Waals surface area contributed by atoms with Gasteiger partial charge in [0.25, 0.3) is 11.8 Å². The van der Waals surface area contributed by atoms with Gasteiger partial charge in [0.2, 0.25) is 29.5 Å². The van der Waals surface area contributed by atoms with Gasteiger partial charge in [-0.05, 0) is 18.4 Å². The Balaban J connectivity index is 1.70. The first-order valence-electron chi connectivity index (χ1n) is 15.3. The van der Waals surface area contributed by atoms with Crippen LogP contribution in [0.25, 0.3) is 0 Å². The van der Waals surface area contributed by atoms with E-state index in [1.54, 1.807) is 51.1 Å². The van der Waals surface area contributed by atoms with Crippen molar-refractivity contribution < 1.29 is 43.1 Å². The number of rotatable bonds is 20. The van der Waals surface area contributed by atoms with Gasteiger partial charge in [0.1, 0.15) is 19.4 Å². The van der Waals surface area contributed by atoms with E-state index in [9.17, 15) is 38.4 Å². The van der Waals surface area contributed by atoms with Crippen molar-refractivity contribution in [3.05, 3.63) is 48.0 Å². The molecule has 7 amide bonds. The topological polar surface area (TPSA) is 209 Å². The highest BCUT2D eigenvalue weighted by Crippen LogP contribution is 2.14. The monoisotopic (exact) mass is 656 g/mol. The van der Waals surface area contributed by atoms with E-state index in [1.165, 1.54) is 12.2 Å². The molecule has 256 valence electrons. The number of nitrogens with one attached hydrogen (secondary N) is 5. The molecule has 1 aliphatic rings. The van der Waals surface area contributed by atoms with Crippen molar-refractivity contribution in [3.8, 4) is 0 Å². The Bertz CT molecular complexity index is 1310. The van der Waals surface area contributed by atoms with Gasteiger partial charge in [0.05, 0.1) is 19.6 Å². The van der Waals surface area contributed by atoms with Crippen molar-refractivity contribution in [2.24, 2.45) is 5.41 Å². The normalized spacial score (nSPS) is 13.1. The molecule has 0 radical (unpaired) electrons. The van der Waals surface area contributed by atoms with Gasteiger partial charge in [0.15, 0.2) is 5.78 Å². The molecule has 0 fully saturated rings. The van der Waals surface area contributed by atoms with Crippen LogP contribution in [-0.4, -0.2) is 97.6 Å². The van der Waals surface area contributed by atoms with Crippen molar-refractivity contribution in [1.29, 1.82) is 0 Å². The molecular weight excluding hydrogens is 612 g/mol. The SMILES string of the molecule is CC(C)(C)C(=O)COCNC(=O)CNC(=O)[C@H](Cc1ccccc1)NC(=O)CNC(=O)CNC(=O)CCCCCN1C(=O)C=CC1=O. The minimum Gasteiger partial charge on any atom is -0.353 e. The summed E-state index contributed by atoms with van der Waals surface area (Å²) >= 11 is 0. The summed E-state index contributed by atoms with van der Waals surface area (Å²) in [6, 6.07) is 7.82. The van der Waals surface area contributed by atoms with Gasteiger partial charge in [-0.15, -0.1) is 0 Å². The number of carbonyl (C=O) groups excluding carboxylic acids is 8. The Morgan fingerprint density at radius 1 is 0.745 bits per heavy atom. The maximum absolute atomic E-state index is 12.9. The number of imide groups is 1. The van der Waals surface area contributed by atoms with Crippen LogP contribution in [0.5, 0.6) is 0 Å². The number of nitrogens with zero attached hydrogens (tertiary/aromatic N) is 1. The number of hydrogen-bond acceptors (Lipinski definition) is 9. The van der Waals surface area contributed by atoms with Crippen LogP contribution in [0.1, 0.15) is 52.0 Å². The summed E-state index contributed by atoms with van der Waals surface area (Å²) in [5.74, 6) is -3.66. The van der Waals surface area contributed by atoms with Gasteiger partial charge in [-0.25, -0.2) is 0 Å². The summed E-state index contributed by atoms with van der Waals surface area (Å²) in [5, 5.41) is 12.3. The molecule has 1 heterocycles. The molecule has 0 saturated heterocycles. The second-order valence-electron chi connectivity index (χ2n) is 11.8. The van der Waals surface area contributed by atoms with Crippen LogP contribution in [0.15, 0.2) is 42.5 Å². The fourth-order valence-corrected chi connectivity index (χ4v) is 4.04. The highest BCUT2D eigenvalue weighted by Gasteiger charge is 2.24. The highest BCUT2D eigenvalue weighted by atomic mass is 16.5. The first-order valence-corrected chi connectivity index (χ1v) is 15.3. The van der Waals surface area contributed by atoms with Crippen LogP contribution in [0.2, 0.25) is 0 Å². The van der Waals surface area contributed by atoms with Gasteiger partial charge in [-0.2, -0.15) is 0 Å². The van der Waals surface area contributed by atoms with Crippen molar-refractivity contribution >= 4 is 47.1 Å². The van der Waals surface area contributed by atoms with Crippen LogP contribution in [-0.2, 0) is 49.5 Å². The predicted octanol–water partition coefficient (Wildman–Crippen LogP) is -0.747. The fourth-order valence-electron chi connectivity index (χ4n) is 4.04. The molecule has 1 aromatic rings. The minimum atomic E-state index is -1.06. The average Bonchev–Trinajstić information content (AvgIpc) is 3.35. The quantitative estimate of drug-likeness (QED) is 0.0679. The van der Waals surface area contributed by atoms with Crippen molar-refractivity contribution in [3.63, 3.8) is 0 Å². The molecule has 0 unspecified atom stereocenters. The first kappa shape index (κ1) is 38.3. The van der Waals surface area contributed by atoms with E-state index in [0.717, 1.165) is 10.5 Å². The zero-order chi connectivity index (χ0) is 34.8. The number of unbranched alkanes of at least 4 members (excludes halogenated alkanes) is 2. The average molecular weight is 657 g/mol. The molecule has 5 N–H and O–H groups in total. The summed E-state index contributed by atoms with van der Waals surface area (Å²) in [6.07, 6.45) is 4.34. The zero-order valence-corrected chi connectivity index (χ0v) is 27.0. The van der Waals surface area contributed by atoms with E-state index in [4.69, 9.17) is 4.74 Å². The summed E-state index contributed by atoms with van der Waals surface area (Å²) in [7, 11) is 0. The van der Waals surface area contributed by atoms with E-state index in [1.807, 2.05) is 0 Å². The lowest BCUT2D eigenvalue weighted by Crippen LogP contribution is -2.52. The molecule has 0 bridgehead atoms. The molecule has 0 saturated carbocycles. The number of ketones is 1. The molecule has 1 atom stereocenters. The molecule has 47 heavy (non-hydrogen) atoms. The number of carbonyl (C=O) groups is 8. The lowest BCUT2D eigenvalue weighted by molar-refractivity contribution is -0.137. The second kappa shape index (κ2) is 19.6. The molecule has 0 aromatic heterocycles. The van der Waals surface area contributed by atoms with E-state index in [0.29, 0.717) is 19.3 Å². The second-order valence-corrected chi connectivity index (χ2v) is 11.8. The first-order chi connectivity index (χ1) is 22.3. The molecule has 0 aliphatic carbocycles. The molecule has 1 aromatic carbocycles. The number of amides is 7. The standard InChI is InChI=1S/C32H44N6O9/c1-32(2,3)24(39)20-47-21-36-27(42)18-35-31(46)23(16-22-10-6-4-7-11-22)37-28(43)19-34-26(41)17-33-25(40)12-8-5-9-15-38-29(44)13-14-30(38)45/h4,6-7,10-11,13-14,23H,5,8-9,12,15-21H2,1-3H3,(H,33,40)(H,34,41)(H,35,46)(H,36,42)(H,37,43)/t23-/m0/s1. The third kappa shape index (κ3) is 15.3. The zero-order valence-electron chi connectivity index (χ0n) is 27.0. The lowest BCUT2D eigenvalue weighted by Gasteiger charge is -2.19. The van der Waals surface area contributed by atoms with Crippen molar-refractivity contribution in [2.75, 3.05) is 39.5 Å². The molecule has 1 aliphatic heterocycles. The number of ether oxygens (including phenoxy) is 1. The van der Waals surface area contributed by atoms with Crippen LogP contribution in [0, 0.1) is 5.41 Å². The van der Waals surface area contributed by atoms with Crippen LogP contribution in [0.3, 0.4) is 0 Å². The Hall–Kier alpha value is -4.92. The number of hydrogen-bond donors (Lipinski definition) is 5. The van der Waals surface area contributed by atoms with E-state index < -0.39 is 48.2 Å². The van der Waals surface area contributed by atoms with E-state index in [-0.39, 0.29) is 62.8 Å². The minimum absolute atomic E-state index is 0.115. The molecule has 0 spiro atoms. The Morgan fingerprint density at radius 3 is 2.00 bits per heavy atom. The van der Waals surface area contributed by atoms with Crippen molar-refractivity contribution in [1.82, 2.24) is 31.5 Å². The summed E-state index contributed by atoms with van der Waals surface area (Å²) < 4.78 is 5.17. The summed E-state index contributed by atoms with van der Waals surface area (Å²) in [5.41, 5.74) is 0.174. The molecule has 2 rings (SSSR count). The Labute approximate surface area is 273 Å². The van der Waals surface area contributed by atoms with E-state index in [2.05, 4.69) is 26.6 Å². The fraction of sp³-hybridized carbons (Fsp3) is 0.500. The summed E-state index contributed by atoms with van der Waals surface area (Å²) in [4.78, 5) is 98.0. The smallest absolute Gasteiger partial charge is 0.253 e. The summed E-state index contributed by atoms with van der Waals surface area (Å²) in [6.45, 7) is 3.94. The highest BCUT2D eigenvalue weighted by molar-refractivity contribution is 6.12. The van der Waals surface area contributed by atoms with Gasteiger partial charge in [0, 0.05) is 37.0 Å². The van der Waals surface area contributed by atoms with Crippen LogP contribution < -0.4 is 26.6 Å². The largest absolute Gasteiger partial charge is 0.353 e.